The largest absolute Gasteiger partial charge is 0.355 e. The van der Waals surface area contributed by atoms with E-state index in [-0.39, 0.29) is 10.6 Å². The van der Waals surface area contributed by atoms with Crippen LogP contribution in [0.1, 0.15) is 43.6 Å². The highest BCUT2D eigenvalue weighted by Crippen LogP contribution is 2.39. The molecule has 0 heterocycles. The number of rotatable bonds is 4. The molecule has 0 saturated heterocycles. The van der Waals surface area contributed by atoms with Gasteiger partial charge < -0.3 is 5.32 Å². The Labute approximate surface area is 130 Å². The third-order valence-corrected chi connectivity index (χ3v) is 4.34. The van der Waals surface area contributed by atoms with Gasteiger partial charge in [-0.2, -0.15) is 0 Å². The highest BCUT2D eigenvalue weighted by Gasteiger charge is 2.21. The van der Waals surface area contributed by atoms with Crippen molar-refractivity contribution in [3.8, 4) is 0 Å². The molecule has 114 valence electrons. The fraction of sp³-hybridized carbons (Fsp3) is 0.333. The number of anilines is 2. The fourth-order valence-corrected chi connectivity index (χ4v) is 3.21. The molecule has 2 aromatic rings. The number of nitro groups is 1. The van der Waals surface area contributed by atoms with Crippen LogP contribution in [0.5, 0.6) is 0 Å². The lowest BCUT2D eigenvalue weighted by atomic mass is 9.83. The zero-order valence-corrected chi connectivity index (χ0v) is 12.5. The number of hydrogen-bond acceptors (Lipinski definition) is 3. The molecule has 1 N–H and O–H groups in total. The Morgan fingerprint density at radius 2 is 1.73 bits per heavy atom. The van der Waals surface area contributed by atoms with E-state index in [0.717, 1.165) is 29.8 Å². The van der Waals surface area contributed by atoms with Crippen molar-refractivity contribution in [1.82, 2.24) is 0 Å². The van der Waals surface area contributed by atoms with Crippen LogP contribution in [0.2, 0.25) is 0 Å². The molecule has 2 aromatic carbocycles. The molecule has 22 heavy (non-hydrogen) atoms. The smallest absolute Gasteiger partial charge is 0.269 e. The number of nitrogens with one attached hydrogen (secondary N) is 1. The predicted molar refractivity (Wildman–Crippen MR) is 88.6 cm³/mol. The average molecular weight is 296 g/mol. The second-order valence-corrected chi connectivity index (χ2v) is 5.85. The lowest BCUT2D eigenvalue weighted by Crippen LogP contribution is -2.08. The summed E-state index contributed by atoms with van der Waals surface area (Å²) < 4.78 is 0. The van der Waals surface area contributed by atoms with Crippen LogP contribution in [0.15, 0.2) is 48.5 Å². The van der Waals surface area contributed by atoms with Crippen LogP contribution in [-0.2, 0) is 0 Å². The van der Waals surface area contributed by atoms with E-state index < -0.39 is 0 Å². The number of benzene rings is 2. The molecule has 1 aliphatic rings. The van der Waals surface area contributed by atoms with Crippen LogP contribution in [0.25, 0.3) is 0 Å². The molecular formula is C18H20N2O2. The molecule has 0 bridgehead atoms. The minimum Gasteiger partial charge on any atom is -0.355 e. The highest BCUT2D eigenvalue weighted by molar-refractivity contribution is 5.66. The van der Waals surface area contributed by atoms with Crippen LogP contribution in [0.3, 0.4) is 0 Å². The summed E-state index contributed by atoms with van der Waals surface area (Å²) in [6.07, 6.45) is 5.92. The van der Waals surface area contributed by atoms with Crippen molar-refractivity contribution in [3.05, 3.63) is 64.2 Å². The molecule has 0 spiro atoms. The van der Waals surface area contributed by atoms with Crippen molar-refractivity contribution in [2.24, 2.45) is 0 Å². The normalized spacial score (nSPS) is 15.5. The summed E-state index contributed by atoms with van der Waals surface area (Å²) >= 11 is 0. The Morgan fingerprint density at radius 3 is 2.41 bits per heavy atom. The molecule has 0 atom stereocenters. The SMILES string of the molecule is O=[N+]([O-])c1ccc(Nc2ccccc2)c(C2CCCCC2)c1. The molecule has 0 unspecified atom stereocenters. The molecule has 3 rings (SSSR count). The van der Waals surface area contributed by atoms with Gasteiger partial charge in [0.25, 0.3) is 5.69 Å². The van der Waals surface area contributed by atoms with Crippen molar-refractivity contribution in [2.75, 3.05) is 5.32 Å². The van der Waals surface area contributed by atoms with Gasteiger partial charge in [-0.1, -0.05) is 37.5 Å². The quantitative estimate of drug-likeness (QED) is 0.608. The molecule has 0 aliphatic heterocycles. The minimum absolute atomic E-state index is 0.180. The molecule has 0 amide bonds. The zero-order chi connectivity index (χ0) is 15.4. The summed E-state index contributed by atoms with van der Waals surface area (Å²) in [5, 5.41) is 14.5. The molecule has 4 heteroatoms. The summed E-state index contributed by atoms with van der Waals surface area (Å²) in [6.45, 7) is 0. The maximum atomic E-state index is 11.1. The summed E-state index contributed by atoms with van der Waals surface area (Å²) in [5.74, 6) is 0.417. The molecule has 4 nitrogen and oxygen atoms in total. The second-order valence-electron chi connectivity index (χ2n) is 5.85. The summed E-state index contributed by atoms with van der Waals surface area (Å²) in [6, 6.07) is 15.1. The lowest BCUT2D eigenvalue weighted by molar-refractivity contribution is -0.384. The first-order chi connectivity index (χ1) is 10.7. The summed E-state index contributed by atoms with van der Waals surface area (Å²) in [5.41, 5.74) is 3.26. The molecular weight excluding hydrogens is 276 g/mol. The monoisotopic (exact) mass is 296 g/mol. The van der Waals surface area contributed by atoms with Gasteiger partial charge in [-0.05, 0) is 42.5 Å². The summed E-state index contributed by atoms with van der Waals surface area (Å²) in [4.78, 5) is 10.8. The van der Waals surface area contributed by atoms with Gasteiger partial charge in [0.05, 0.1) is 4.92 Å². The van der Waals surface area contributed by atoms with Crippen molar-refractivity contribution in [1.29, 1.82) is 0 Å². The van der Waals surface area contributed by atoms with Crippen LogP contribution in [0, 0.1) is 10.1 Å². The summed E-state index contributed by atoms with van der Waals surface area (Å²) in [7, 11) is 0. The molecule has 1 aliphatic carbocycles. The van der Waals surface area contributed by atoms with Gasteiger partial charge in [-0.15, -0.1) is 0 Å². The fourth-order valence-electron chi connectivity index (χ4n) is 3.21. The Balaban J connectivity index is 1.95. The van der Waals surface area contributed by atoms with Crippen LogP contribution >= 0.6 is 0 Å². The van der Waals surface area contributed by atoms with Gasteiger partial charge in [0.15, 0.2) is 0 Å². The van der Waals surface area contributed by atoms with Crippen molar-refractivity contribution >= 4 is 17.1 Å². The number of para-hydroxylation sites is 1. The first kappa shape index (κ1) is 14.6. The molecule has 0 radical (unpaired) electrons. The van der Waals surface area contributed by atoms with E-state index >= 15 is 0 Å². The second kappa shape index (κ2) is 6.60. The van der Waals surface area contributed by atoms with Gasteiger partial charge in [-0.3, -0.25) is 10.1 Å². The van der Waals surface area contributed by atoms with E-state index in [1.54, 1.807) is 12.1 Å². The Hall–Kier alpha value is -2.36. The lowest BCUT2D eigenvalue weighted by Gasteiger charge is -2.24. The first-order valence-corrected chi connectivity index (χ1v) is 7.84. The minimum atomic E-state index is -0.307. The number of nitro benzene ring substituents is 1. The number of nitrogens with zero attached hydrogens (tertiary/aromatic N) is 1. The topological polar surface area (TPSA) is 55.2 Å². The standard InChI is InChI=1S/C18H20N2O2/c21-20(22)16-11-12-18(19-15-9-5-2-6-10-15)17(13-16)14-7-3-1-4-8-14/h2,5-6,9-14,19H,1,3-4,7-8H2. The van der Waals surface area contributed by atoms with E-state index in [2.05, 4.69) is 5.32 Å². The Bertz CT molecular complexity index is 649. The van der Waals surface area contributed by atoms with Crippen LogP contribution < -0.4 is 5.32 Å². The Morgan fingerprint density at radius 1 is 1.00 bits per heavy atom. The van der Waals surface area contributed by atoms with Crippen LogP contribution in [-0.4, -0.2) is 4.92 Å². The zero-order valence-electron chi connectivity index (χ0n) is 12.5. The highest BCUT2D eigenvalue weighted by atomic mass is 16.6. The maximum Gasteiger partial charge on any atom is 0.269 e. The van der Waals surface area contributed by atoms with Crippen LogP contribution in [0.4, 0.5) is 17.1 Å². The van der Waals surface area contributed by atoms with E-state index in [0.29, 0.717) is 5.92 Å². The molecule has 1 fully saturated rings. The first-order valence-electron chi connectivity index (χ1n) is 7.84. The van der Waals surface area contributed by atoms with E-state index in [4.69, 9.17) is 0 Å². The van der Waals surface area contributed by atoms with Gasteiger partial charge >= 0.3 is 0 Å². The van der Waals surface area contributed by atoms with Gasteiger partial charge in [-0.25, -0.2) is 0 Å². The Kier molecular flexibility index (Phi) is 4.37. The third kappa shape index (κ3) is 3.27. The van der Waals surface area contributed by atoms with Crippen molar-refractivity contribution in [3.63, 3.8) is 0 Å². The van der Waals surface area contributed by atoms with Gasteiger partial charge in [0.2, 0.25) is 0 Å². The van der Waals surface area contributed by atoms with Crippen molar-refractivity contribution < 1.29 is 4.92 Å². The van der Waals surface area contributed by atoms with Gasteiger partial charge in [0.1, 0.15) is 0 Å². The van der Waals surface area contributed by atoms with Gasteiger partial charge in [0, 0.05) is 23.5 Å². The third-order valence-electron chi connectivity index (χ3n) is 4.34. The maximum absolute atomic E-state index is 11.1. The predicted octanol–water partition coefficient (Wildman–Crippen LogP) is 5.39. The molecule has 0 aromatic heterocycles. The van der Waals surface area contributed by atoms with Crippen molar-refractivity contribution in [2.45, 2.75) is 38.0 Å². The van der Waals surface area contributed by atoms with E-state index in [1.807, 2.05) is 36.4 Å². The molecule has 1 saturated carbocycles. The van der Waals surface area contributed by atoms with E-state index in [9.17, 15) is 10.1 Å². The number of non-ortho nitro benzene ring substituents is 1. The van der Waals surface area contributed by atoms with E-state index in [1.165, 1.54) is 19.3 Å². The number of hydrogen-bond donors (Lipinski definition) is 1. The average Bonchev–Trinajstić information content (AvgIpc) is 2.57.